The third kappa shape index (κ3) is 5.70. The Kier molecular flexibility index (Phi) is 7.50. The summed E-state index contributed by atoms with van der Waals surface area (Å²) < 4.78 is 14.1. The summed E-state index contributed by atoms with van der Waals surface area (Å²) in [6, 6.07) is 8.56. The zero-order chi connectivity index (χ0) is 19.3. The van der Waals surface area contributed by atoms with Gasteiger partial charge >= 0.3 is 0 Å². The number of anilines is 4. The van der Waals surface area contributed by atoms with Gasteiger partial charge in [0.2, 0.25) is 5.95 Å². The summed E-state index contributed by atoms with van der Waals surface area (Å²) in [6.45, 7) is 4.25. The van der Waals surface area contributed by atoms with Crippen molar-refractivity contribution < 1.29 is 4.39 Å². The first-order valence-electron chi connectivity index (χ1n) is 10.3. The average Bonchev–Trinajstić information content (AvgIpc) is 2.73. The van der Waals surface area contributed by atoms with Gasteiger partial charge in [0, 0.05) is 43.6 Å². The summed E-state index contributed by atoms with van der Waals surface area (Å²) in [5.41, 5.74) is 2.12. The summed E-state index contributed by atoms with van der Waals surface area (Å²) in [5, 5.41) is 6.44. The van der Waals surface area contributed by atoms with E-state index in [1.165, 1.54) is 31.1 Å². The molecule has 0 radical (unpaired) electrons. The molecule has 2 heterocycles. The highest BCUT2D eigenvalue weighted by Gasteiger charge is 2.17. The number of aromatic nitrogens is 2. The van der Waals surface area contributed by atoms with Crippen LogP contribution in [0.4, 0.5) is 27.5 Å². The maximum atomic E-state index is 14.1. The van der Waals surface area contributed by atoms with Crippen LogP contribution >= 0.6 is 12.4 Å². The lowest BCUT2D eigenvalue weighted by atomic mass is 9.95. The van der Waals surface area contributed by atoms with Crippen molar-refractivity contribution in [3.05, 3.63) is 36.3 Å². The minimum Gasteiger partial charge on any atom is -0.369 e. The quantitative estimate of drug-likeness (QED) is 0.753. The predicted octanol–water partition coefficient (Wildman–Crippen LogP) is 4.28. The summed E-state index contributed by atoms with van der Waals surface area (Å²) in [5.74, 6) is 0.298. The van der Waals surface area contributed by atoms with Gasteiger partial charge in [-0.3, -0.25) is 0 Å². The number of likely N-dealkylation sites (N-methyl/N-ethyl adjacent to an activating group) is 1. The maximum Gasteiger partial charge on any atom is 0.229 e. The molecule has 1 saturated heterocycles. The van der Waals surface area contributed by atoms with Gasteiger partial charge in [-0.05, 0) is 44.2 Å². The van der Waals surface area contributed by atoms with Crippen molar-refractivity contribution in [3.63, 3.8) is 0 Å². The van der Waals surface area contributed by atoms with Gasteiger partial charge in [-0.15, -0.1) is 12.4 Å². The van der Waals surface area contributed by atoms with Gasteiger partial charge < -0.3 is 20.4 Å². The van der Waals surface area contributed by atoms with E-state index in [4.69, 9.17) is 0 Å². The van der Waals surface area contributed by atoms with Gasteiger partial charge in [0.1, 0.15) is 0 Å². The molecular formula is C21H30ClFN6. The van der Waals surface area contributed by atoms with E-state index in [-0.39, 0.29) is 12.4 Å². The van der Waals surface area contributed by atoms with Gasteiger partial charge in [-0.2, -0.15) is 4.98 Å². The number of rotatable bonds is 5. The lowest BCUT2D eigenvalue weighted by Gasteiger charge is -2.34. The summed E-state index contributed by atoms with van der Waals surface area (Å²) >= 11 is 0. The minimum absolute atomic E-state index is 0. The fourth-order valence-electron chi connectivity index (χ4n) is 3.92. The molecule has 8 heteroatoms. The Morgan fingerprint density at radius 3 is 2.38 bits per heavy atom. The normalized spacial score (nSPS) is 18.2. The lowest BCUT2D eigenvalue weighted by molar-refractivity contribution is 0.313. The standard InChI is InChI=1S/C21H29FN6.ClH/c1-27-11-13-28(14-12-27)18-9-7-17(8-10-18)25-21-23-15-19(22)20(26-21)24-16-5-3-2-4-6-16;/h7-10,15-16H,2-6,11-14H2,1H3,(H2,23,24,25,26);1H. The molecule has 0 unspecified atom stereocenters. The summed E-state index contributed by atoms with van der Waals surface area (Å²) in [7, 11) is 2.16. The molecule has 2 aliphatic rings. The smallest absolute Gasteiger partial charge is 0.229 e. The number of nitrogens with one attached hydrogen (secondary N) is 2. The van der Waals surface area contributed by atoms with Gasteiger partial charge in [0.25, 0.3) is 0 Å². The monoisotopic (exact) mass is 420 g/mol. The molecule has 4 rings (SSSR count). The van der Waals surface area contributed by atoms with Crippen molar-refractivity contribution in [3.8, 4) is 0 Å². The number of piperazine rings is 1. The van der Waals surface area contributed by atoms with Crippen molar-refractivity contribution in [2.75, 3.05) is 48.8 Å². The Hall–Kier alpha value is -2.12. The highest BCUT2D eigenvalue weighted by atomic mass is 35.5. The van der Waals surface area contributed by atoms with Crippen molar-refractivity contribution in [1.82, 2.24) is 14.9 Å². The number of nitrogens with zero attached hydrogens (tertiary/aromatic N) is 4. The average molecular weight is 421 g/mol. The van der Waals surface area contributed by atoms with Crippen LogP contribution in [0.2, 0.25) is 0 Å². The van der Waals surface area contributed by atoms with E-state index in [2.05, 4.69) is 49.6 Å². The first-order chi connectivity index (χ1) is 13.7. The summed E-state index contributed by atoms with van der Waals surface area (Å²) in [4.78, 5) is 13.2. The molecule has 0 spiro atoms. The number of hydrogen-bond donors (Lipinski definition) is 2. The van der Waals surface area contributed by atoms with Gasteiger partial charge in [-0.25, -0.2) is 9.37 Å². The van der Waals surface area contributed by atoms with E-state index in [0.29, 0.717) is 17.8 Å². The van der Waals surface area contributed by atoms with Crippen molar-refractivity contribution in [2.45, 2.75) is 38.1 Å². The van der Waals surface area contributed by atoms with Crippen molar-refractivity contribution >= 4 is 35.5 Å². The van der Waals surface area contributed by atoms with Crippen molar-refractivity contribution in [1.29, 1.82) is 0 Å². The van der Waals surface area contributed by atoms with Crippen LogP contribution in [0.25, 0.3) is 0 Å². The number of benzene rings is 1. The molecule has 0 amide bonds. The van der Waals surface area contributed by atoms with E-state index in [9.17, 15) is 4.39 Å². The highest BCUT2D eigenvalue weighted by molar-refractivity contribution is 5.85. The molecule has 2 aromatic rings. The van der Waals surface area contributed by atoms with E-state index in [1.807, 2.05) is 12.1 Å². The molecule has 1 aromatic heterocycles. The molecule has 1 aromatic carbocycles. The van der Waals surface area contributed by atoms with Crippen LogP contribution < -0.4 is 15.5 Å². The first-order valence-corrected chi connectivity index (χ1v) is 10.3. The van der Waals surface area contributed by atoms with E-state index in [1.54, 1.807) is 0 Å². The largest absolute Gasteiger partial charge is 0.369 e. The zero-order valence-electron chi connectivity index (χ0n) is 16.9. The van der Waals surface area contributed by atoms with Crippen LogP contribution in [-0.4, -0.2) is 54.1 Å². The molecule has 0 bridgehead atoms. The van der Waals surface area contributed by atoms with Crippen LogP contribution in [0, 0.1) is 5.82 Å². The molecule has 1 aliphatic carbocycles. The minimum atomic E-state index is -0.401. The molecule has 2 fully saturated rings. The third-order valence-electron chi connectivity index (χ3n) is 5.68. The molecular weight excluding hydrogens is 391 g/mol. The highest BCUT2D eigenvalue weighted by Crippen LogP contribution is 2.24. The second-order valence-corrected chi connectivity index (χ2v) is 7.83. The van der Waals surface area contributed by atoms with Crippen LogP contribution in [0.5, 0.6) is 0 Å². The maximum absolute atomic E-state index is 14.1. The second kappa shape index (κ2) is 10.1. The number of halogens is 2. The summed E-state index contributed by atoms with van der Waals surface area (Å²) in [6.07, 6.45) is 7.02. The molecule has 6 nitrogen and oxygen atoms in total. The molecule has 0 atom stereocenters. The van der Waals surface area contributed by atoms with Crippen LogP contribution in [-0.2, 0) is 0 Å². The Morgan fingerprint density at radius 2 is 1.69 bits per heavy atom. The fourth-order valence-corrected chi connectivity index (χ4v) is 3.92. The second-order valence-electron chi connectivity index (χ2n) is 7.83. The fraction of sp³-hybridized carbons (Fsp3) is 0.524. The molecule has 1 saturated carbocycles. The Morgan fingerprint density at radius 1 is 1.00 bits per heavy atom. The van der Waals surface area contributed by atoms with Crippen LogP contribution in [0.1, 0.15) is 32.1 Å². The van der Waals surface area contributed by atoms with E-state index >= 15 is 0 Å². The SMILES string of the molecule is CN1CCN(c2ccc(Nc3ncc(F)c(NC4CCCCC4)n3)cc2)CC1.Cl. The zero-order valence-corrected chi connectivity index (χ0v) is 17.7. The molecule has 1 aliphatic heterocycles. The Bertz CT molecular complexity index is 773. The molecule has 2 N–H and O–H groups in total. The van der Waals surface area contributed by atoms with E-state index < -0.39 is 5.82 Å². The van der Waals surface area contributed by atoms with Gasteiger partial charge in [0.05, 0.1) is 6.20 Å². The predicted molar refractivity (Wildman–Crippen MR) is 119 cm³/mol. The van der Waals surface area contributed by atoms with Crippen LogP contribution in [0.3, 0.4) is 0 Å². The van der Waals surface area contributed by atoms with E-state index in [0.717, 1.165) is 44.7 Å². The van der Waals surface area contributed by atoms with Crippen molar-refractivity contribution in [2.24, 2.45) is 0 Å². The molecule has 158 valence electrons. The van der Waals surface area contributed by atoms with Gasteiger partial charge in [-0.1, -0.05) is 19.3 Å². The topological polar surface area (TPSA) is 56.3 Å². The number of hydrogen-bond acceptors (Lipinski definition) is 6. The molecule has 29 heavy (non-hydrogen) atoms. The third-order valence-corrected chi connectivity index (χ3v) is 5.68. The Labute approximate surface area is 178 Å². The van der Waals surface area contributed by atoms with Crippen LogP contribution in [0.15, 0.2) is 30.5 Å². The Balaban J connectivity index is 0.00000240. The lowest BCUT2D eigenvalue weighted by Crippen LogP contribution is -2.44. The van der Waals surface area contributed by atoms with Gasteiger partial charge in [0.15, 0.2) is 11.6 Å². The first kappa shape index (κ1) is 21.6.